The van der Waals surface area contributed by atoms with Crippen LogP contribution >= 0.6 is 0 Å². The van der Waals surface area contributed by atoms with E-state index in [9.17, 15) is 23.3 Å². The number of anilines is 1. The Balaban J connectivity index is 2.29. The highest BCUT2D eigenvalue weighted by Gasteiger charge is 2.16. The molecule has 2 aromatic rings. The molecule has 2 aromatic carbocycles. The second-order valence-electron chi connectivity index (χ2n) is 4.30. The van der Waals surface area contributed by atoms with Crippen LogP contribution in [0.5, 0.6) is 0 Å². The van der Waals surface area contributed by atoms with Gasteiger partial charge in [0.1, 0.15) is 0 Å². The van der Waals surface area contributed by atoms with E-state index in [4.69, 9.17) is 5.73 Å². The van der Waals surface area contributed by atoms with Crippen molar-refractivity contribution in [2.75, 3.05) is 4.72 Å². The lowest BCUT2D eigenvalue weighted by molar-refractivity contribution is -0.384. The van der Waals surface area contributed by atoms with Gasteiger partial charge in [-0.2, -0.15) is 0 Å². The van der Waals surface area contributed by atoms with Gasteiger partial charge < -0.3 is 5.73 Å². The number of benzene rings is 2. The summed E-state index contributed by atoms with van der Waals surface area (Å²) in [6, 6.07) is 10.1. The Morgan fingerprint density at radius 1 is 1.14 bits per heavy atom. The van der Waals surface area contributed by atoms with E-state index in [0.29, 0.717) is 0 Å². The van der Waals surface area contributed by atoms with E-state index in [1.807, 2.05) is 0 Å². The summed E-state index contributed by atoms with van der Waals surface area (Å²) in [4.78, 5) is 20.9. The molecule has 0 aliphatic heterocycles. The minimum absolute atomic E-state index is 0.0631. The monoisotopic (exact) mass is 321 g/mol. The molecule has 0 atom stereocenters. The smallest absolute Gasteiger partial charge is 0.271 e. The summed E-state index contributed by atoms with van der Waals surface area (Å²) in [6.45, 7) is 0. The van der Waals surface area contributed by atoms with E-state index in [-0.39, 0.29) is 21.8 Å². The molecule has 1 amide bonds. The SMILES string of the molecule is NC(=O)c1ccc(S(=O)(=O)Nc2cccc([N+](=O)[O-])c2)cc1. The maximum absolute atomic E-state index is 12.2. The molecule has 0 saturated carbocycles. The normalized spacial score (nSPS) is 10.9. The van der Waals surface area contributed by atoms with Crippen LogP contribution in [0, 0.1) is 10.1 Å². The first-order chi connectivity index (χ1) is 10.3. The molecule has 8 nitrogen and oxygen atoms in total. The zero-order chi connectivity index (χ0) is 16.3. The van der Waals surface area contributed by atoms with E-state index >= 15 is 0 Å². The molecule has 0 radical (unpaired) electrons. The van der Waals surface area contributed by atoms with Crippen LogP contribution in [-0.2, 0) is 10.0 Å². The van der Waals surface area contributed by atoms with Crippen LogP contribution < -0.4 is 10.5 Å². The number of rotatable bonds is 5. The fourth-order valence-electron chi connectivity index (χ4n) is 1.70. The standard InChI is InChI=1S/C13H11N3O5S/c14-13(17)9-4-6-12(7-5-9)22(20,21)15-10-2-1-3-11(8-10)16(18)19/h1-8,15H,(H2,14,17). The number of nitro groups is 1. The van der Waals surface area contributed by atoms with Gasteiger partial charge in [0.2, 0.25) is 5.91 Å². The highest BCUT2D eigenvalue weighted by atomic mass is 32.2. The van der Waals surface area contributed by atoms with Gasteiger partial charge in [0, 0.05) is 17.7 Å². The summed E-state index contributed by atoms with van der Waals surface area (Å²) in [6.07, 6.45) is 0. The van der Waals surface area contributed by atoms with Crippen LogP contribution in [0.15, 0.2) is 53.4 Å². The van der Waals surface area contributed by atoms with Gasteiger partial charge in [0.05, 0.1) is 15.5 Å². The van der Waals surface area contributed by atoms with Crippen LogP contribution in [0.2, 0.25) is 0 Å². The molecule has 3 N–H and O–H groups in total. The van der Waals surface area contributed by atoms with Gasteiger partial charge in [0.25, 0.3) is 15.7 Å². The average molecular weight is 321 g/mol. The summed E-state index contributed by atoms with van der Waals surface area (Å²) >= 11 is 0. The Labute approximate surface area is 125 Å². The van der Waals surface area contributed by atoms with Crippen molar-refractivity contribution in [3.63, 3.8) is 0 Å². The van der Waals surface area contributed by atoms with Crippen molar-refractivity contribution in [3.05, 3.63) is 64.2 Å². The van der Waals surface area contributed by atoms with E-state index in [1.54, 1.807) is 0 Å². The van der Waals surface area contributed by atoms with Gasteiger partial charge in [-0.25, -0.2) is 8.42 Å². The lowest BCUT2D eigenvalue weighted by atomic mass is 10.2. The first kappa shape index (κ1) is 15.4. The molecular weight excluding hydrogens is 310 g/mol. The summed E-state index contributed by atoms with van der Waals surface area (Å²) in [5.41, 5.74) is 5.08. The first-order valence-corrected chi connectivity index (χ1v) is 7.45. The van der Waals surface area contributed by atoms with Crippen molar-refractivity contribution in [1.29, 1.82) is 0 Å². The van der Waals surface area contributed by atoms with E-state index in [0.717, 1.165) is 6.07 Å². The first-order valence-electron chi connectivity index (χ1n) is 5.97. The number of primary amides is 1. The predicted octanol–water partition coefficient (Wildman–Crippen LogP) is 1.49. The van der Waals surface area contributed by atoms with Crippen molar-refractivity contribution in [2.24, 2.45) is 5.73 Å². The fraction of sp³-hybridized carbons (Fsp3) is 0. The highest BCUT2D eigenvalue weighted by molar-refractivity contribution is 7.92. The number of nitro benzene ring substituents is 1. The summed E-state index contributed by atoms with van der Waals surface area (Å²) in [5.74, 6) is -0.671. The number of carbonyl (C=O) groups excluding carboxylic acids is 1. The maximum atomic E-state index is 12.2. The Morgan fingerprint density at radius 2 is 1.77 bits per heavy atom. The quantitative estimate of drug-likeness (QED) is 0.636. The number of sulfonamides is 1. The van der Waals surface area contributed by atoms with Crippen molar-refractivity contribution in [1.82, 2.24) is 0 Å². The van der Waals surface area contributed by atoms with Crippen LogP contribution in [0.4, 0.5) is 11.4 Å². The Morgan fingerprint density at radius 3 is 2.32 bits per heavy atom. The molecule has 9 heteroatoms. The highest BCUT2D eigenvalue weighted by Crippen LogP contribution is 2.20. The molecule has 0 aromatic heterocycles. The largest absolute Gasteiger partial charge is 0.366 e. The molecule has 0 aliphatic rings. The number of nitrogens with two attached hydrogens (primary N) is 1. The molecule has 114 valence electrons. The van der Waals surface area contributed by atoms with Gasteiger partial charge in [-0.3, -0.25) is 19.6 Å². The van der Waals surface area contributed by atoms with Gasteiger partial charge >= 0.3 is 0 Å². The predicted molar refractivity (Wildman–Crippen MR) is 78.9 cm³/mol. The summed E-state index contributed by atoms with van der Waals surface area (Å²) in [5, 5.41) is 10.7. The third kappa shape index (κ3) is 3.38. The average Bonchev–Trinajstić information content (AvgIpc) is 2.47. The lowest BCUT2D eigenvalue weighted by Crippen LogP contribution is -2.14. The topological polar surface area (TPSA) is 132 Å². The number of hydrogen-bond acceptors (Lipinski definition) is 5. The van der Waals surface area contributed by atoms with Crippen molar-refractivity contribution in [3.8, 4) is 0 Å². The minimum atomic E-state index is -3.92. The second kappa shape index (κ2) is 5.82. The van der Waals surface area contributed by atoms with Crippen molar-refractivity contribution in [2.45, 2.75) is 4.90 Å². The maximum Gasteiger partial charge on any atom is 0.271 e. The fourth-order valence-corrected chi connectivity index (χ4v) is 2.74. The van der Waals surface area contributed by atoms with Crippen LogP contribution in [-0.4, -0.2) is 19.2 Å². The molecule has 0 aliphatic carbocycles. The molecule has 0 fully saturated rings. The van der Waals surface area contributed by atoms with Crippen LogP contribution in [0.25, 0.3) is 0 Å². The van der Waals surface area contributed by atoms with E-state index < -0.39 is 20.9 Å². The zero-order valence-electron chi connectivity index (χ0n) is 11.1. The van der Waals surface area contributed by atoms with Gasteiger partial charge in [-0.05, 0) is 30.3 Å². The summed E-state index contributed by atoms with van der Waals surface area (Å²) < 4.78 is 26.6. The third-order valence-corrected chi connectivity index (χ3v) is 4.16. The van der Waals surface area contributed by atoms with E-state index in [2.05, 4.69) is 4.72 Å². The van der Waals surface area contributed by atoms with Gasteiger partial charge in [0.15, 0.2) is 0 Å². The number of non-ortho nitro benzene ring substituents is 1. The minimum Gasteiger partial charge on any atom is -0.366 e. The number of hydrogen-bond donors (Lipinski definition) is 2. The Hall–Kier alpha value is -2.94. The molecule has 22 heavy (non-hydrogen) atoms. The zero-order valence-corrected chi connectivity index (χ0v) is 11.9. The Bertz CT molecular complexity index is 831. The van der Waals surface area contributed by atoms with Crippen LogP contribution in [0.1, 0.15) is 10.4 Å². The molecule has 0 unspecified atom stereocenters. The number of amides is 1. The molecule has 0 bridgehead atoms. The van der Waals surface area contributed by atoms with Gasteiger partial charge in [-0.15, -0.1) is 0 Å². The van der Waals surface area contributed by atoms with Crippen molar-refractivity contribution < 1.29 is 18.1 Å². The van der Waals surface area contributed by atoms with E-state index in [1.165, 1.54) is 42.5 Å². The molecule has 0 heterocycles. The van der Waals surface area contributed by atoms with Gasteiger partial charge in [-0.1, -0.05) is 6.07 Å². The molecule has 2 rings (SSSR count). The molecular formula is C13H11N3O5S. The second-order valence-corrected chi connectivity index (χ2v) is 5.98. The number of nitrogens with zero attached hydrogens (tertiary/aromatic N) is 1. The number of carbonyl (C=O) groups is 1. The van der Waals surface area contributed by atoms with Crippen molar-refractivity contribution >= 4 is 27.3 Å². The number of nitrogens with one attached hydrogen (secondary N) is 1. The third-order valence-electron chi connectivity index (χ3n) is 2.76. The summed E-state index contributed by atoms with van der Waals surface area (Å²) in [7, 11) is -3.92. The van der Waals surface area contributed by atoms with Crippen LogP contribution in [0.3, 0.4) is 0 Å². The molecule has 0 spiro atoms. The Kier molecular flexibility index (Phi) is 4.08. The lowest BCUT2D eigenvalue weighted by Gasteiger charge is -2.08. The molecule has 0 saturated heterocycles.